The number of aryl methyl sites for hydroxylation is 1. The molecule has 0 bridgehead atoms. The average Bonchev–Trinajstić information content (AvgIpc) is 2.73. The molecule has 7 heteroatoms. The van der Waals surface area contributed by atoms with E-state index in [1.54, 1.807) is 24.3 Å². The Morgan fingerprint density at radius 3 is 2.21 bits per heavy atom. The number of carbonyl (C=O) groups excluding carboxylic acids is 3. The molecule has 0 atom stereocenters. The van der Waals surface area contributed by atoms with E-state index in [4.69, 9.17) is 0 Å². The number of anilines is 2. The van der Waals surface area contributed by atoms with Crippen LogP contribution in [0.15, 0.2) is 60.3 Å². The Kier molecular flexibility index (Phi) is 7.33. The van der Waals surface area contributed by atoms with Crippen LogP contribution in [0.2, 0.25) is 0 Å². The topological polar surface area (TPSA) is 93.7 Å². The molecule has 1 amide bonds. The molecule has 0 heterocycles. The Bertz CT molecular complexity index is 888. The lowest BCUT2D eigenvalue weighted by Gasteiger charge is -2.11. The molecule has 0 aliphatic carbocycles. The lowest BCUT2D eigenvalue weighted by atomic mass is 10.1. The van der Waals surface area contributed by atoms with Crippen molar-refractivity contribution in [1.29, 1.82) is 0 Å². The van der Waals surface area contributed by atoms with Crippen LogP contribution in [-0.4, -0.2) is 32.1 Å². The Morgan fingerprint density at radius 1 is 0.929 bits per heavy atom. The van der Waals surface area contributed by atoms with Gasteiger partial charge in [-0.15, -0.1) is 0 Å². The molecule has 0 aliphatic heterocycles. The smallest absolute Gasteiger partial charge is 0.354 e. The predicted molar refractivity (Wildman–Crippen MR) is 106 cm³/mol. The van der Waals surface area contributed by atoms with Crippen LogP contribution in [0.5, 0.6) is 0 Å². The summed E-state index contributed by atoms with van der Waals surface area (Å²) in [6.07, 6.45) is 1.80. The zero-order valence-corrected chi connectivity index (χ0v) is 15.9. The first-order valence-electron chi connectivity index (χ1n) is 8.62. The van der Waals surface area contributed by atoms with Crippen LogP contribution in [0.1, 0.15) is 22.8 Å². The maximum absolute atomic E-state index is 12.5. The second-order valence-electron chi connectivity index (χ2n) is 5.74. The summed E-state index contributed by atoms with van der Waals surface area (Å²) < 4.78 is 9.16. The zero-order valence-electron chi connectivity index (χ0n) is 15.9. The summed E-state index contributed by atoms with van der Waals surface area (Å²) in [4.78, 5) is 35.7. The van der Waals surface area contributed by atoms with E-state index in [0.717, 1.165) is 23.7 Å². The standard InChI is InChI=1S/C21H22N2O5/c1-4-14-7-5-6-8-17(14)23-20(25)15-9-11-16(12-10-15)22-18(21(26)28-3)13-19(24)27-2/h5-13,22H,4H2,1-3H3,(H,23,25)/b18-13+. The summed E-state index contributed by atoms with van der Waals surface area (Å²) in [7, 11) is 2.41. The highest BCUT2D eigenvalue weighted by atomic mass is 16.5. The molecule has 2 aromatic carbocycles. The minimum atomic E-state index is -0.719. The van der Waals surface area contributed by atoms with Gasteiger partial charge in [0, 0.05) is 16.9 Å². The first-order chi connectivity index (χ1) is 13.5. The van der Waals surface area contributed by atoms with Crippen LogP contribution >= 0.6 is 0 Å². The molecule has 2 N–H and O–H groups in total. The number of rotatable bonds is 7. The van der Waals surface area contributed by atoms with E-state index in [9.17, 15) is 14.4 Å². The summed E-state index contributed by atoms with van der Waals surface area (Å²) in [5.41, 5.74) is 2.69. The number of methoxy groups -OCH3 is 2. The van der Waals surface area contributed by atoms with Gasteiger partial charge < -0.3 is 20.1 Å². The lowest BCUT2D eigenvalue weighted by Crippen LogP contribution is -2.16. The van der Waals surface area contributed by atoms with Crippen molar-refractivity contribution in [3.05, 3.63) is 71.4 Å². The van der Waals surface area contributed by atoms with E-state index in [1.807, 2.05) is 31.2 Å². The third kappa shape index (κ3) is 5.44. The Morgan fingerprint density at radius 2 is 1.61 bits per heavy atom. The third-order valence-corrected chi connectivity index (χ3v) is 3.94. The first-order valence-corrected chi connectivity index (χ1v) is 8.62. The minimum absolute atomic E-state index is 0.0802. The van der Waals surface area contributed by atoms with E-state index in [-0.39, 0.29) is 11.6 Å². The largest absolute Gasteiger partial charge is 0.466 e. The molecule has 0 fully saturated rings. The van der Waals surface area contributed by atoms with Crippen molar-refractivity contribution >= 4 is 29.2 Å². The van der Waals surface area contributed by atoms with Gasteiger partial charge in [0.15, 0.2) is 0 Å². The highest BCUT2D eigenvalue weighted by Crippen LogP contribution is 2.18. The molecule has 0 aromatic heterocycles. The van der Waals surface area contributed by atoms with Gasteiger partial charge in [-0.25, -0.2) is 9.59 Å². The van der Waals surface area contributed by atoms with Crippen LogP contribution in [0.4, 0.5) is 11.4 Å². The zero-order chi connectivity index (χ0) is 20.5. The fourth-order valence-electron chi connectivity index (χ4n) is 2.44. The number of amides is 1. The molecule has 146 valence electrons. The van der Waals surface area contributed by atoms with E-state index >= 15 is 0 Å². The van der Waals surface area contributed by atoms with Crippen molar-refractivity contribution < 1.29 is 23.9 Å². The molecule has 0 aliphatic rings. The van der Waals surface area contributed by atoms with E-state index in [0.29, 0.717) is 11.3 Å². The number of carbonyl (C=O) groups is 3. The molecule has 0 spiro atoms. The fraction of sp³-hybridized carbons (Fsp3) is 0.190. The number of esters is 2. The van der Waals surface area contributed by atoms with Gasteiger partial charge in [-0.1, -0.05) is 25.1 Å². The van der Waals surface area contributed by atoms with Gasteiger partial charge in [0.25, 0.3) is 5.91 Å². The number of nitrogens with one attached hydrogen (secondary N) is 2. The van der Waals surface area contributed by atoms with Crippen LogP contribution in [0.3, 0.4) is 0 Å². The molecule has 28 heavy (non-hydrogen) atoms. The predicted octanol–water partition coefficient (Wildman–Crippen LogP) is 3.14. The van der Waals surface area contributed by atoms with Gasteiger partial charge >= 0.3 is 11.9 Å². The number of benzene rings is 2. The van der Waals surface area contributed by atoms with E-state index < -0.39 is 11.9 Å². The summed E-state index contributed by atoms with van der Waals surface area (Å²) in [6.45, 7) is 2.02. The number of ether oxygens (including phenoxy) is 2. The highest BCUT2D eigenvalue weighted by molar-refractivity contribution is 6.05. The van der Waals surface area contributed by atoms with Gasteiger partial charge in [0.1, 0.15) is 5.70 Å². The van der Waals surface area contributed by atoms with Crippen molar-refractivity contribution in [1.82, 2.24) is 0 Å². The SMILES string of the molecule is CCc1ccccc1NC(=O)c1ccc(N/C(=C/C(=O)OC)C(=O)OC)cc1. The quantitative estimate of drug-likeness (QED) is 0.564. The van der Waals surface area contributed by atoms with Crippen molar-refractivity contribution in [2.75, 3.05) is 24.9 Å². The molecule has 2 rings (SSSR count). The van der Waals surface area contributed by atoms with Gasteiger partial charge in [-0.05, 0) is 42.3 Å². The molecular weight excluding hydrogens is 360 g/mol. The summed E-state index contributed by atoms with van der Waals surface area (Å²) >= 11 is 0. The number of hydrogen-bond acceptors (Lipinski definition) is 6. The minimum Gasteiger partial charge on any atom is -0.466 e. The van der Waals surface area contributed by atoms with E-state index in [1.165, 1.54) is 14.2 Å². The number of hydrogen-bond donors (Lipinski definition) is 2. The first kappa shape index (κ1) is 20.7. The van der Waals surface area contributed by atoms with Gasteiger partial charge in [-0.2, -0.15) is 0 Å². The van der Waals surface area contributed by atoms with Crippen LogP contribution in [0.25, 0.3) is 0 Å². The van der Waals surface area contributed by atoms with Crippen molar-refractivity contribution in [3.8, 4) is 0 Å². The molecule has 0 radical (unpaired) electrons. The molecule has 0 saturated heterocycles. The second-order valence-corrected chi connectivity index (χ2v) is 5.74. The molecular formula is C21H22N2O5. The van der Waals surface area contributed by atoms with Crippen molar-refractivity contribution in [3.63, 3.8) is 0 Å². The van der Waals surface area contributed by atoms with Crippen LogP contribution in [0, 0.1) is 0 Å². The van der Waals surface area contributed by atoms with Gasteiger partial charge in [0.2, 0.25) is 0 Å². The normalized spacial score (nSPS) is 10.8. The molecule has 2 aromatic rings. The second kappa shape index (κ2) is 9.91. The third-order valence-electron chi connectivity index (χ3n) is 3.94. The molecule has 7 nitrogen and oxygen atoms in total. The summed E-state index contributed by atoms with van der Waals surface area (Å²) in [5, 5.41) is 5.68. The Labute approximate surface area is 163 Å². The van der Waals surface area contributed by atoms with Gasteiger partial charge in [0.05, 0.1) is 20.3 Å². The molecule has 0 saturated carbocycles. The Hall–Kier alpha value is -3.61. The fourth-order valence-corrected chi connectivity index (χ4v) is 2.44. The van der Waals surface area contributed by atoms with Gasteiger partial charge in [-0.3, -0.25) is 4.79 Å². The van der Waals surface area contributed by atoms with Crippen LogP contribution < -0.4 is 10.6 Å². The van der Waals surface area contributed by atoms with E-state index in [2.05, 4.69) is 20.1 Å². The van der Waals surface area contributed by atoms with Crippen molar-refractivity contribution in [2.45, 2.75) is 13.3 Å². The summed E-state index contributed by atoms with van der Waals surface area (Å²) in [5.74, 6) is -1.66. The summed E-state index contributed by atoms with van der Waals surface area (Å²) in [6, 6.07) is 14.1. The molecule has 0 unspecified atom stereocenters. The number of para-hydroxylation sites is 1. The average molecular weight is 382 g/mol. The van der Waals surface area contributed by atoms with Crippen molar-refractivity contribution in [2.24, 2.45) is 0 Å². The highest BCUT2D eigenvalue weighted by Gasteiger charge is 2.13. The Balaban J connectivity index is 2.13. The van der Waals surface area contributed by atoms with Crippen LogP contribution in [-0.2, 0) is 25.5 Å². The monoisotopic (exact) mass is 382 g/mol. The maximum atomic E-state index is 12.5. The maximum Gasteiger partial charge on any atom is 0.354 e. The lowest BCUT2D eigenvalue weighted by molar-refractivity contribution is -0.138.